The van der Waals surface area contributed by atoms with Crippen LogP contribution in [0.15, 0.2) is 0 Å². The molecule has 104 valence electrons. The van der Waals surface area contributed by atoms with Crippen molar-refractivity contribution < 1.29 is 21.9 Å². The number of hydrogen-bond donors (Lipinski definition) is 2. The van der Waals surface area contributed by atoms with Gasteiger partial charge in [0.05, 0.1) is 23.7 Å². The molecule has 17 heavy (non-hydrogen) atoms. The van der Waals surface area contributed by atoms with Crippen molar-refractivity contribution in [3.63, 3.8) is 0 Å². The zero-order chi connectivity index (χ0) is 13.7. The summed E-state index contributed by atoms with van der Waals surface area (Å²) in [5.41, 5.74) is -0.893. The molecule has 8 heteroatoms. The van der Waals surface area contributed by atoms with Crippen molar-refractivity contribution in [1.82, 2.24) is 4.72 Å². The van der Waals surface area contributed by atoms with Crippen LogP contribution in [-0.4, -0.2) is 51.8 Å². The van der Waals surface area contributed by atoms with Gasteiger partial charge in [0.25, 0.3) is 0 Å². The average Bonchev–Trinajstić information content (AvgIpc) is 2.23. The number of sulfonamides is 1. The maximum Gasteiger partial charge on any atom is 0.213 e. The van der Waals surface area contributed by atoms with E-state index in [-0.39, 0.29) is 6.61 Å². The third kappa shape index (κ3) is 6.35. The van der Waals surface area contributed by atoms with E-state index in [0.29, 0.717) is 12.8 Å². The summed E-state index contributed by atoms with van der Waals surface area (Å²) in [5.74, 6) is -0.898. The zero-order valence-electron chi connectivity index (χ0n) is 10.4. The van der Waals surface area contributed by atoms with Crippen molar-refractivity contribution in [1.29, 1.82) is 0 Å². The summed E-state index contributed by atoms with van der Waals surface area (Å²) >= 11 is 0. The topological polar surface area (TPSA) is 101 Å². The van der Waals surface area contributed by atoms with Crippen LogP contribution in [0, 0.1) is 0 Å². The van der Waals surface area contributed by atoms with Gasteiger partial charge in [-0.3, -0.25) is 0 Å². The monoisotopic (exact) mass is 287 g/mol. The minimum absolute atomic E-state index is 0.307. The van der Waals surface area contributed by atoms with Crippen LogP contribution in [-0.2, 0) is 19.9 Å². The molecule has 0 amide bonds. The average molecular weight is 287 g/mol. The Kier molecular flexibility index (Phi) is 6.06. The molecule has 6 nitrogen and oxygen atoms in total. The minimum atomic E-state index is -3.70. The fraction of sp³-hybridized carbons (Fsp3) is 1.00. The summed E-state index contributed by atoms with van der Waals surface area (Å²) in [6, 6.07) is 0. The highest BCUT2D eigenvalue weighted by Gasteiger charge is 2.30. The van der Waals surface area contributed by atoms with Crippen molar-refractivity contribution in [2.45, 2.75) is 32.2 Å². The SMILES string of the molecule is CCC(CC)(CO)NS(=O)(=O)CCS(C)(=O)=O. The van der Waals surface area contributed by atoms with Gasteiger partial charge in [0, 0.05) is 6.26 Å². The predicted molar refractivity (Wildman–Crippen MR) is 67.0 cm³/mol. The molecule has 0 radical (unpaired) electrons. The standard InChI is InChI=1S/C9H21NO5S2/c1-4-9(5-2,8-11)10-17(14,15)7-6-16(3,12)13/h10-11H,4-8H2,1-3H3. The van der Waals surface area contributed by atoms with Gasteiger partial charge in [-0.25, -0.2) is 21.6 Å². The fourth-order valence-corrected chi connectivity index (χ4v) is 4.50. The van der Waals surface area contributed by atoms with Crippen LogP contribution in [0.25, 0.3) is 0 Å². The van der Waals surface area contributed by atoms with Crippen molar-refractivity contribution in [3.05, 3.63) is 0 Å². The summed E-state index contributed by atoms with van der Waals surface area (Å²) in [6.07, 6.45) is 1.87. The van der Waals surface area contributed by atoms with Gasteiger partial charge in [0.2, 0.25) is 10.0 Å². The molecule has 0 atom stereocenters. The lowest BCUT2D eigenvalue weighted by Crippen LogP contribution is -2.51. The molecule has 0 aliphatic heterocycles. The molecule has 0 heterocycles. The van der Waals surface area contributed by atoms with Crippen LogP contribution in [0.1, 0.15) is 26.7 Å². The van der Waals surface area contributed by atoms with Crippen LogP contribution in [0.3, 0.4) is 0 Å². The zero-order valence-corrected chi connectivity index (χ0v) is 12.1. The number of nitrogens with one attached hydrogen (secondary N) is 1. The number of hydrogen-bond acceptors (Lipinski definition) is 5. The molecule has 0 aliphatic rings. The molecule has 0 aromatic carbocycles. The van der Waals surface area contributed by atoms with E-state index < -0.39 is 36.9 Å². The second-order valence-corrected chi connectivity index (χ2v) is 8.30. The summed E-state index contributed by atoms with van der Waals surface area (Å²) < 4.78 is 47.6. The van der Waals surface area contributed by atoms with E-state index in [1.54, 1.807) is 13.8 Å². The summed E-state index contributed by atoms with van der Waals surface area (Å²) in [6.45, 7) is 3.22. The van der Waals surface area contributed by atoms with Gasteiger partial charge in [-0.05, 0) is 12.8 Å². The Morgan fingerprint density at radius 3 is 1.82 bits per heavy atom. The predicted octanol–water partition coefficient (Wildman–Crippen LogP) is -0.498. The molecule has 0 unspecified atom stereocenters. The largest absolute Gasteiger partial charge is 0.394 e. The molecule has 0 saturated heterocycles. The van der Waals surface area contributed by atoms with E-state index in [2.05, 4.69) is 4.72 Å². The summed E-state index contributed by atoms with van der Waals surface area (Å²) in [5, 5.41) is 9.22. The summed E-state index contributed by atoms with van der Waals surface area (Å²) in [7, 11) is -7.01. The number of aliphatic hydroxyl groups is 1. The lowest BCUT2D eigenvalue weighted by molar-refractivity contribution is 0.172. The minimum Gasteiger partial charge on any atom is -0.394 e. The van der Waals surface area contributed by atoms with Gasteiger partial charge in [-0.15, -0.1) is 0 Å². The van der Waals surface area contributed by atoms with E-state index >= 15 is 0 Å². The van der Waals surface area contributed by atoms with Crippen molar-refractivity contribution in [3.8, 4) is 0 Å². The Hall–Kier alpha value is -0.180. The Morgan fingerprint density at radius 2 is 1.53 bits per heavy atom. The number of aliphatic hydroxyl groups excluding tert-OH is 1. The van der Waals surface area contributed by atoms with E-state index in [0.717, 1.165) is 6.26 Å². The maximum absolute atomic E-state index is 11.7. The van der Waals surface area contributed by atoms with Gasteiger partial charge >= 0.3 is 0 Å². The smallest absolute Gasteiger partial charge is 0.213 e. The van der Waals surface area contributed by atoms with Crippen molar-refractivity contribution in [2.24, 2.45) is 0 Å². The normalized spacial score (nSPS) is 13.9. The Morgan fingerprint density at radius 1 is 1.06 bits per heavy atom. The maximum atomic E-state index is 11.7. The second kappa shape index (κ2) is 6.12. The van der Waals surface area contributed by atoms with Gasteiger partial charge in [-0.2, -0.15) is 0 Å². The van der Waals surface area contributed by atoms with E-state index in [4.69, 9.17) is 0 Å². The highest BCUT2D eigenvalue weighted by Crippen LogP contribution is 2.15. The number of sulfone groups is 1. The molecular weight excluding hydrogens is 266 g/mol. The van der Waals surface area contributed by atoms with Crippen LogP contribution in [0.5, 0.6) is 0 Å². The van der Waals surface area contributed by atoms with Gasteiger partial charge in [0.15, 0.2) is 0 Å². The fourth-order valence-electron chi connectivity index (χ4n) is 1.29. The lowest BCUT2D eigenvalue weighted by Gasteiger charge is -2.30. The van der Waals surface area contributed by atoms with Crippen LogP contribution in [0.2, 0.25) is 0 Å². The highest BCUT2D eigenvalue weighted by molar-refractivity contribution is 7.93. The molecule has 0 saturated carbocycles. The first-order valence-corrected chi connectivity index (χ1v) is 9.11. The van der Waals surface area contributed by atoms with Crippen molar-refractivity contribution >= 4 is 19.9 Å². The molecular formula is C9H21NO5S2. The molecule has 0 rings (SSSR count). The first-order valence-electron chi connectivity index (χ1n) is 5.40. The van der Waals surface area contributed by atoms with Crippen LogP contribution in [0.4, 0.5) is 0 Å². The van der Waals surface area contributed by atoms with Crippen LogP contribution < -0.4 is 4.72 Å². The molecule has 0 bridgehead atoms. The third-order valence-corrected chi connectivity index (χ3v) is 5.44. The molecule has 0 spiro atoms. The van der Waals surface area contributed by atoms with Gasteiger partial charge in [-0.1, -0.05) is 13.8 Å². The molecule has 0 aromatic heterocycles. The Labute approximate surface area is 103 Å². The second-order valence-electron chi connectivity index (χ2n) is 4.20. The molecule has 2 N–H and O–H groups in total. The third-order valence-electron chi connectivity index (χ3n) is 2.75. The Bertz CT molecular complexity index is 414. The van der Waals surface area contributed by atoms with Gasteiger partial charge in [0.1, 0.15) is 9.84 Å². The first-order chi connectivity index (χ1) is 7.60. The quantitative estimate of drug-likeness (QED) is 0.627. The Balaban J connectivity index is 4.75. The molecule has 0 aliphatic carbocycles. The van der Waals surface area contributed by atoms with Crippen molar-refractivity contribution in [2.75, 3.05) is 24.4 Å². The molecule has 0 fully saturated rings. The molecule has 0 aromatic rings. The number of rotatable bonds is 8. The van der Waals surface area contributed by atoms with E-state index in [9.17, 15) is 21.9 Å². The van der Waals surface area contributed by atoms with Crippen LogP contribution >= 0.6 is 0 Å². The summed E-state index contributed by atoms with van der Waals surface area (Å²) in [4.78, 5) is 0. The van der Waals surface area contributed by atoms with E-state index in [1.165, 1.54) is 0 Å². The lowest BCUT2D eigenvalue weighted by atomic mass is 9.96. The van der Waals surface area contributed by atoms with E-state index in [1.807, 2.05) is 0 Å². The first kappa shape index (κ1) is 16.8. The van der Waals surface area contributed by atoms with Gasteiger partial charge < -0.3 is 5.11 Å². The highest BCUT2D eigenvalue weighted by atomic mass is 32.2.